The largest absolute Gasteiger partial charge is 0.497 e. The van der Waals surface area contributed by atoms with E-state index in [4.69, 9.17) is 23.5 Å². The van der Waals surface area contributed by atoms with Gasteiger partial charge in [0.15, 0.2) is 0 Å². The third kappa shape index (κ3) is 9.97. The predicted octanol–water partition coefficient (Wildman–Crippen LogP) is 11.7. The highest BCUT2D eigenvalue weighted by Crippen LogP contribution is 2.45. The molecule has 0 aromatic heterocycles. The van der Waals surface area contributed by atoms with E-state index in [9.17, 15) is 5.26 Å². The summed E-state index contributed by atoms with van der Waals surface area (Å²) >= 11 is 0. The molecule has 6 nitrogen and oxygen atoms in total. The van der Waals surface area contributed by atoms with Gasteiger partial charge in [0.1, 0.15) is 11.4 Å². The van der Waals surface area contributed by atoms with Crippen molar-refractivity contribution in [3.05, 3.63) is 150 Å². The van der Waals surface area contributed by atoms with E-state index in [0.29, 0.717) is 24.8 Å². The van der Waals surface area contributed by atoms with Gasteiger partial charge in [0.2, 0.25) is 0 Å². The average Bonchev–Trinajstić information content (AvgIpc) is 3.72. The van der Waals surface area contributed by atoms with E-state index in [1.165, 1.54) is 64.2 Å². The number of ether oxygens (including phenoxy) is 3. The fourth-order valence-electron chi connectivity index (χ4n) is 10.1. The molecule has 1 heterocycles. The molecule has 5 atom stereocenters. The van der Waals surface area contributed by atoms with Gasteiger partial charge in [-0.25, -0.2) is 0 Å². The molecule has 0 spiro atoms. The van der Waals surface area contributed by atoms with Gasteiger partial charge >= 0.3 is 7.12 Å². The molecular weight excluding hydrogens is 717 g/mol. The summed E-state index contributed by atoms with van der Waals surface area (Å²) in [7, 11) is 1.32. The van der Waals surface area contributed by atoms with Gasteiger partial charge in [-0.05, 0) is 91.1 Å². The van der Waals surface area contributed by atoms with Crippen molar-refractivity contribution in [2.45, 2.75) is 114 Å². The van der Waals surface area contributed by atoms with Crippen LogP contribution in [-0.4, -0.2) is 39.1 Å². The molecule has 4 aromatic rings. The molecule has 0 amide bonds. The van der Waals surface area contributed by atoms with Gasteiger partial charge in [0.05, 0.1) is 44.7 Å². The highest BCUT2D eigenvalue weighted by Gasteiger charge is 2.49. The minimum Gasteiger partial charge on any atom is -0.497 e. The molecule has 2 aliphatic carbocycles. The number of benzene rings is 4. The van der Waals surface area contributed by atoms with E-state index < -0.39 is 11.7 Å². The lowest BCUT2D eigenvalue weighted by Crippen LogP contribution is -2.41. The van der Waals surface area contributed by atoms with Crippen LogP contribution in [0.5, 0.6) is 5.75 Å². The number of nitriles is 1. The van der Waals surface area contributed by atoms with Crippen LogP contribution in [0.25, 0.3) is 0 Å². The van der Waals surface area contributed by atoms with E-state index in [1.54, 1.807) is 7.11 Å². The lowest BCUT2D eigenvalue weighted by Gasteiger charge is -2.39. The molecule has 3 fully saturated rings. The van der Waals surface area contributed by atoms with E-state index in [0.717, 1.165) is 33.6 Å². The van der Waals surface area contributed by atoms with Crippen molar-refractivity contribution in [1.29, 1.82) is 5.26 Å². The zero-order chi connectivity index (χ0) is 40.2. The van der Waals surface area contributed by atoms with Crippen LogP contribution in [0, 0.1) is 35.0 Å². The van der Waals surface area contributed by atoms with Gasteiger partial charge < -0.3 is 23.5 Å². The molecule has 58 heavy (non-hydrogen) atoms. The highest BCUT2D eigenvalue weighted by molar-refractivity contribution is 6.45. The molecule has 1 aliphatic heterocycles. The van der Waals surface area contributed by atoms with Gasteiger partial charge in [0.25, 0.3) is 0 Å². The lowest BCUT2D eigenvalue weighted by atomic mass is 9.68. The fourth-order valence-corrected chi connectivity index (χ4v) is 10.1. The minimum atomic E-state index is -0.945. The Kier molecular flexibility index (Phi) is 15.0. The summed E-state index contributed by atoms with van der Waals surface area (Å²) in [6.45, 7) is 7.23. The smallest absolute Gasteiger partial charge is 0.458 e. The molecule has 4 aromatic carbocycles. The second-order valence-electron chi connectivity index (χ2n) is 16.9. The lowest BCUT2D eigenvalue weighted by molar-refractivity contribution is -0.0961. The first-order chi connectivity index (χ1) is 28.5. The maximum atomic E-state index is 10.6. The van der Waals surface area contributed by atoms with Gasteiger partial charge in [-0.15, -0.1) is 0 Å². The van der Waals surface area contributed by atoms with Gasteiger partial charge in [-0.3, -0.25) is 0 Å². The van der Waals surface area contributed by atoms with Crippen LogP contribution in [-0.2, 0) is 31.0 Å². The van der Waals surface area contributed by atoms with Crippen LogP contribution in [0.4, 0.5) is 0 Å². The maximum absolute atomic E-state index is 10.6. The van der Waals surface area contributed by atoms with Crippen molar-refractivity contribution in [1.82, 2.24) is 0 Å². The normalized spacial score (nSPS) is 20.9. The first-order valence-corrected chi connectivity index (χ1v) is 21.9. The Labute approximate surface area is 348 Å². The van der Waals surface area contributed by atoms with Crippen LogP contribution in [0.3, 0.4) is 0 Å². The minimum absolute atomic E-state index is 0.106. The first kappa shape index (κ1) is 42.0. The number of hydrogen-bond acceptors (Lipinski definition) is 6. The third-order valence-corrected chi connectivity index (χ3v) is 13.2. The predicted molar refractivity (Wildman–Crippen MR) is 232 cm³/mol. The average molecular weight is 780 g/mol. The van der Waals surface area contributed by atoms with E-state index in [2.05, 4.69) is 92.4 Å². The first-order valence-electron chi connectivity index (χ1n) is 21.9. The fraction of sp³-hybridized carbons (Fsp3) is 0.471. The van der Waals surface area contributed by atoms with Gasteiger partial charge in [-0.1, -0.05) is 154 Å². The molecule has 0 radical (unpaired) electrons. The summed E-state index contributed by atoms with van der Waals surface area (Å²) in [5, 5.41) is 10.6. The van der Waals surface area contributed by atoms with Crippen molar-refractivity contribution in [3.63, 3.8) is 0 Å². The van der Waals surface area contributed by atoms with Gasteiger partial charge in [-0.2, -0.15) is 5.26 Å². The van der Waals surface area contributed by atoms with Gasteiger partial charge in [0, 0.05) is 12.3 Å². The van der Waals surface area contributed by atoms with E-state index >= 15 is 0 Å². The molecule has 0 bridgehead atoms. The van der Waals surface area contributed by atoms with Crippen molar-refractivity contribution in [3.8, 4) is 11.8 Å². The molecule has 0 N–H and O–H groups in total. The number of hydrogen-bond donors (Lipinski definition) is 0. The Hall–Kier alpha value is -4.19. The SMILES string of the molecule is C=C(C)[C@H](CB1O[C@H](C2CCCCC2)[C@@H](C2CCCCC2)O1)[C@@H](CC#N)[C@H](COC(c1ccccc1)(c1ccccc1)c1ccccc1)OCc1ccc(OC)cc1. The Morgan fingerprint density at radius 3 is 1.66 bits per heavy atom. The zero-order valence-electron chi connectivity index (χ0n) is 34.7. The molecule has 304 valence electrons. The quantitative estimate of drug-likeness (QED) is 0.0569. The number of nitrogens with zero attached hydrogens (tertiary/aromatic N) is 1. The van der Waals surface area contributed by atoms with Crippen LogP contribution in [0.2, 0.25) is 6.32 Å². The standard InChI is InChI=1S/C51H62BNO5/c1-38(2)47(35-52-57-49(40-19-9-4-10-20-40)50(58-52)41-21-11-5-12-22-41)46(33-34-53)48(55-36-39-29-31-45(54-3)32-30-39)37-56-51(42-23-13-6-14-24-42,43-25-15-7-16-26-43)44-27-17-8-18-28-44/h6-8,13-18,23-32,40-41,46-50H,1,4-5,9-12,19-22,33,35-37H2,2-3H3/t46-,47+,48+,49-,50-/m1/s1. The van der Waals surface area contributed by atoms with E-state index in [1.807, 2.05) is 42.5 Å². The van der Waals surface area contributed by atoms with Crippen molar-refractivity contribution in [2.75, 3.05) is 13.7 Å². The Balaban J connectivity index is 1.22. The summed E-state index contributed by atoms with van der Waals surface area (Å²) in [4.78, 5) is 0. The van der Waals surface area contributed by atoms with Crippen molar-refractivity contribution in [2.24, 2.45) is 23.7 Å². The zero-order valence-corrected chi connectivity index (χ0v) is 34.7. The summed E-state index contributed by atoms with van der Waals surface area (Å²) in [6, 6.07) is 41.9. The summed E-state index contributed by atoms with van der Waals surface area (Å²) in [6.07, 6.45) is 13.3. The summed E-state index contributed by atoms with van der Waals surface area (Å²) in [5.74, 6) is 1.53. The Morgan fingerprint density at radius 1 is 0.741 bits per heavy atom. The van der Waals surface area contributed by atoms with Crippen molar-refractivity contribution >= 4 is 7.12 Å². The van der Waals surface area contributed by atoms with E-state index in [-0.39, 0.29) is 44.2 Å². The molecule has 2 saturated carbocycles. The second-order valence-corrected chi connectivity index (χ2v) is 16.9. The summed E-state index contributed by atoms with van der Waals surface area (Å²) in [5.41, 5.74) is 4.13. The number of allylic oxidation sites excluding steroid dienone is 1. The number of rotatable bonds is 18. The summed E-state index contributed by atoms with van der Waals surface area (Å²) < 4.78 is 34.0. The topological polar surface area (TPSA) is 69.9 Å². The van der Waals surface area contributed by atoms with Crippen LogP contribution < -0.4 is 4.74 Å². The van der Waals surface area contributed by atoms with Crippen molar-refractivity contribution < 1.29 is 23.5 Å². The second kappa shape index (κ2) is 20.7. The monoisotopic (exact) mass is 779 g/mol. The highest BCUT2D eigenvalue weighted by atomic mass is 16.7. The Bertz CT molecular complexity index is 1750. The molecule has 0 unspecified atom stereocenters. The van der Waals surface area contributed by atoms with Crippen LogP contribution in [0.1, 0.15) is 99.8 Å². The van der Waals surface area contributed by atoms with Crippen LogP contribution >= 0.6 is 0 Å². The third-order valence-electron chi connectivity index (χ3n) is 13.2. The molecule has 3 aliphatic rings. The molecule has 1 saturated heterocycles. The molecular formula is C51H62BNO5. The number of methoxy groups -OCH3 is 1. The molecule has 7 heteroatoms. The molecule has 7 rings (SSSR count). The Morgan fingerprint density at radius 2 is 1.22 bits per heavy atom. The van der Waals surface area contributed by atoms with Crippen LogP contribution in [0.15, 0.2) is 127 Å². The maximum Gasteiger partial charge on any atom is 0.458 e.